The summed E-state index contributed by atoms with van der Waals surface area (Å²) in [7, 11) is 0. The number of alkyl halides is 2. The van der Waals surface area contributed by atoms with Gasteiger partial charge >= 0.3 is 0 Å². The first-order chi connectivity index (χ1) is 7.55. The lowest BCUT2D eigenvalue weighted by Crippen LogP contribution is -2.43. The Labute approximate surface area is 108 Å². The Morgan fingerprint density at radius 2 is 1.82 bits per heavy atom. The molecule has 0 amide bonds. The average Bonchev–Trinajstić information content (AvgIpc) is 2.20. The Kier molecular flexibility index (Phi) is 5.61. The molecule has 2 rings (SSSR count). The topological polar surface area (TPSA) is 29.3 Å². The van der Waals surface area contributed by atoms with Gasteiger partial charge in [-0.3, -0.25) is 0 Å². The van der Waals surface area contributed by atoms with Gasteiger partial charge in [0.2, 0.25) is 5.92 Å². The molecule has 1 aliphatic carbocycles. The van der Waals surface area contributed by atoms with Crippen LogP contribution in [0.4, 0.5) is 8.78 Å². The number of rotatable bonds is 2. The summed E-state index contributed by atoms with van der Waals surface area (Å²) in [4.78, 5) is 2.31. The quantitative estimate of drug-likeness (QED) is 0.834. The van der Waals surface area contributed by atoms with E-state index in [0.717, 1.165) is 38.9 Å². The molecule has 2 nitrogen and oxygen atoms in total. The van der Waals surface area contributed by atoms with Gasteiger partial charge in [0.05, 0.1) is 0 Å². The number of nitrogens with zero attached hydrogens (tertiary/aromatic N) is 1. The fourth-order valence-corrected chi connectivity index (χ4v) is 2.93. The van der Waals surface area contributed by atoms with Gasteiger partial charge < -0.3 is 10.6 Å². The third-order valence-electron chi connectivity index (χ3n) is 3.89. The van der Waals surface area contributed by atoms with Gasteiger partial charge in [0.15, 0.2) is 0 Å². The highest BCUT2D eigenvalue weighted by Crippen LogP contribution is 2.37. The molecule has 2 fully saturated rings. The van der Waals surface area contributed by atoms with E-state index in [1.165, 1.54) is 0 Å². The lowest BCUT2D eigenvalue weighted by Gasteiger charge is -2.36. The Morgan fingerprint density at radius 1 is 1.18 bits per heavy atom. The first kappa shape index (κ1) is 15.1. The molecule has 0 aromatic heterocycles. The van der Waals surface area contributed by atoms with E-state index in [0.29, 0.717) is 12.5 Å². The highest BCUT2D eigenvalue weighted by Gasteiger charge is 2.36. The summed E-state index contributed by atoms with van der Waals surface area (Å²) in [6.07, 6.45) is 3.87. The van der Waals surface area contributed by atoms with Crippen molar-refractivity contribution in [1.29, 1.82) is 0 Å². The van der Waals surface area contributed by atoms with Crippen LogP contribution in [0.5, 0.6) is 0 Å². The molecule has 2 N–H and O–H groups in total. The standard InChI is InChI=1S/C12H22F2N2.ClH/c13-12(14)5-1-2-10(8-12)9-16-6-3-11(15)4-7-16;/h10-11H,1-9,15H2;1H. The molecule has 0 spiro atoms. The second kappa shape index (κ2) is 6.30. The van der Waals surface area contributed by atoms with E-state index in [1.54, 1.807) is 0 Å². The zero-order valence-electron chi connectivity index (χ0n) is 10.2. The molecule has 5 heteroatoms. The summed E-state index contributed by atoms with van der Waals surface area (Å²) in [6, 6.07) is 0.323. The summed E-state index contributed by atoms with van der Waals surface area (Å²) in [6.45, 7) is 2.83. The SMILES string of the molecule is Cl.NC1CCN(CC2CCCC(F)(F)C2)CC1. The van der Waals surface area contributed by atoms with Crippen molar-refractivity contribution in [3.63, 3.8) is 0 Å². The predicted molar refractivity (Wildman–Crippen MR) is 67.8 cm³/mol. The van der Waals surface area contributed by atoms with Gasteiger partial charge in [-0.15, -0.1) is 12.4 Å². The largest absolute Gasteiger partial charge is 0.328 e. The van der Waals surface area contributed by atoms with Gasteiger partial charge in [-0.05, 0) is 44.7 Å². The fraction of sp³-hybridized carbons (Fsp3) is 1.00. The molecule has 0 radical (unpaired) electrons. The van der Waals surface area contributed by atoms with Gasteiger partial charge in [0.25, 0.3) is 0 Å². The minimum absolute atomic E-state index is 0. The lowest BCUT2D eigenvalue weighted by atomic mass is 9.86. The molecule has 0 aromatic carbocycles. The van der Waals surface area contributed by atoms with Crippen molar-refractivity contribution >= 4 is 12.4 Å². The van der Waals surface area contributed by atoms with Crippen LogP contribution in [-0.2, 0) is 0 Å². The predicted octanol–water partition coefficient (Wildman–Crippen LogP) is 2.66. The van der Waals surface area contributed by atoms with Crippen LogP contribution in [-0.4, -0.2) is 36.5 Å². The van der Waals surface area contributed by atoms with Crippen LogP contribution in [0.25, 0.3) is 0 Å². The van der Waals surface area contributed by atoms with Crippen LogP contribution in [0.2, 0.25) is 0 Å². The van der Waals surface area contributed by atoms with Crippen molar-refractivity contribution in [2.24, 2.45) is 11.7 Å². The first-order valence-electron chi connectivity index (χ1n) is 6.41. The maximum atomic E-state index is 13.2. The molecular formula is C12H23ClF2N2. The van der Waals surface area contributed by atoms with E-state index in [-0.39, 0.29) is 31.2 Å². The summed E-state index contributed by atoms with van der Waals surface area (Å²) in [5.41, 5.74) is 5.83. The summed E-state index contributed by atoms with van der Waals surface area (Å²) >= 11 is 0. The molecule has 1 heterocycles. The molecule has 0 aromatic rings. The van der Waals surface area contributed by atoms with E-state index in [2.05, 4.69) is 4.90 Å². The molecule has 1 saturated heterocycles. The molecule has 17 heavy (non-hydrogen) atoms. The zero-order valence-corrected chi connectivity index (χ0v) is 11.0. The monoisotopic (exact) mass is 268 g/mol. The number of hydrogen-bond acceptors (Lipinski definition) is 2. The molecule has 0 bridgehead atoms. The van der Waals surface area contributed by atoms with Gasteiger partial charge in [0, 0.05) is 25.4 Å². The molecule has 1 aliphatic heterocycles. The number of piperidine rings is 1. The van der Waals surface area contributed by atoms with Crippen molar-refractivity contribution < 1.29 is 8.78 Å². The van der Waals surface area contributed by atoms with Crippen molar-refractivity contribution in [2.45, 2.75) is 50.5 Å². The van der Waals surface area contributed by atoms with Gasteiger partial charge in [-0.25, -0.2) is 8.78 Å². The van der Waals surface area contributed by atoms with E-state index in [1.807, 2.05) is 0 Å². The van der Waals surface area contributed by atoms with E-state index >= 15 is 0 Å². The third-order valence-corrected chi connectivity index (χ3v) is 3.89. The van der Waals surface area contributed by atoms with Gasteiger partial charge in [0.1, 0.15) is 0 Å². The molecule has 1 atom stereocenters. The fourth-order valence-electron chi connectivity index (χ4n) is 2.93. The second-order valence-electron chi connectivity index (χ2n) is 5.46. The Hall–Kier alpha value is 0.0700. The maximum Gasteiger partial charge on any atom is 0.248 e. The first-order valence-corrected chi connectivity index (χ1v) is 6.41. The molecule has 1 saturated carbocycles. The summed E-state index contributed by atoms with van der Waals surface area (Å²) in [5.74, 6) is -2.21. The van der Waals surface area contributed by atoms with Crippen LogP contribution in [0.3, 0.4) is 0 Å². The van der Waals surface area contributed by atoms with Crippen molar-refractivity contribution in [2.75, 3.05) is 19.6 Å². The highest BCUT2D eigenvalue weighted by atomic mass is 35.5. The Balaban J connectivity index is 0.00000144. The molecule has 1 unspecified atom stereocenters. The average molecular weight is 269 g/mol. The van der Waals surface area contributed by atoms with E-state index < -0.39 is 5.92 Å². The summed E-state index contributed by atoms with van der Waals surface area (Å²) in [5, 5.41) is 0. The van der Waals surface area contributed by atoms with Crippen LogP contribution in [0, 0.1) is 5.92 Å². The number of nitrogens with two attached hydrogens (primary N) is 1. The van der Waals surface area contributed by atoms with E-state index in [9.17, 15) is 8.78 Å². The number of halogens is 3. The normalized spacial score (nSPS) is 30.9. The minimum atomic E-state index is -2.41. The van der Waals surface area contributed by atoms with Crippen LogP contribution in [0.1, 0.15) is 38.5 Å². The third kappa shape index (κ3) is 4.68. The van der Waals surface area contributed by atoms with Crippen molar-refractivity contribution in [3.05, 3.63) is 0 Å². The van der Waals surface area contributed by atoms with Gasteiger partial charge in [-0.1, -0.05) is 0 Å². The molecule has 102 valence electrons. The number of hydrogen-bond donors (Lipinski definition) is 1. The Morgan fingerprint density at radius 3 is 2.41 bits per heavy atom. The highest BCUT2D eigenvalue weighted by molar-refractivity contribution is 5.85. The summed E-state index contributed by atoms with van der Waals surface area (Å²) < 4.78 is 26.5. The van der Waals surface area contributed by atoms with Crippen LogP contribution >= 0.6 is 12.4 Å². The lowest BCUT2D eigenvalue weighted by molar-refractivity contribution is -0.0576. The number of likely N-dealkylation sites (tertiary alicyclic amines) is 1. The molecule has 2 aliphatic rings. The minimum Gasteiger partial charge on any atom is -0.328 e. The van der Waals surface area contributed by atoms with Gasteiger partial charge in [-0.2, -0.15) is 0 Å². The second-order valence-corrected chi connectivity index (χ2v) is 5.46. The van der Waals surface area contributed by atoms with Crippen molar-refractivity contribution in [3.8, 4) is 0 Å². The Bertz CT molecular complexity index is 231. The maximum absolute atomic E-state index is 13.2. The zero-order chi connectivity index (χ0) is 11.6. The van der Waals surface area contributed by atoms with Crippen LogP contribution in [0.15, 0.2) is 0 Å². The van der Waals surface area contributed by atoms with Crippen molar-refractivity contribution in [1.82, 2.24) is 4.90 Å². The molecular weight excluding hydrogens is 246 g/mol. The van der Waals surface area contributed by atoms with E-state index in [4.69, 9.17) is 5.73 Å². The smallest absolute Gasteiger partial charge is 0.248 e. The van der Waals surface area contributed by atoms with Crippen LogP contribution < -0.4 is 5.73 Å².